The molecule has 0 aromatic carbocycles. The fourth-order valence-corrected chi connectivity index (χ4v) is 4.47. The van der Waals surface area contributed by atoms with Gasteiger partial charge in [-0.05, 0) is 24.7 Å². The number of nitrogens with one attached hydrogen (secondary N) is 4. The van der Waals surface area contributed by atoms with E-state index in [0.29, 0.717) is 25.9 Å². The van der Waals surface area contributed by atoms with Crippen molar-refractivity contribution < 1.29 is 39.0 Å². The Morgan fingerprint density at radius 3 is 1.09 bits per heavy atom. The Morgan fingerprint density at radius 1 is 0.512 bits per heavy atom. The van der Waals surface area contributed by atoms with Crippen LogP contribution in [0.1, 0.15) is 124 Å². The predicted octanol–water partition coefficient (Wildman–Crippen LogP) is 3.52. The molecule has 0 aromatic rings. The Morgan fingerprint density at radius 2 is 0.814 bits per heavy atom. The van der Waals surface area contributed by atoms with Gasteiger partial charge < -0.3 is 31.5 Å². The number of carbonyl (C=O) groups is 6. The fourth-order valence-electron chi connectivity index (χ4n) is 4.47. The van der Waals surface area contributed by atoms with Crippen LogP contribution in [0.15, 0.2) is 0 Å². The summed E-state index contributed by atoms with van der Waals surface area (Å²) in [6.07, 6.45) is 9.77. The number of hydrogen-bond donors (Lipinski definition) is 6. The number of unbranched alkanes of at least 4 members (excludes halogenated alkanes) is 8. The normalized spacial score (nSPS) is 13.7. The highest BCUT2D eigenvalue weighted by Gasteiger charge is 2.26. The second-order valence-electron chi connectivity index (χ2n) is 11.4. The van der Waals surface area contributed by atoms with Gasteiger partial charge in [-0.1, -0.05) is 85.5 Å². The molecule has 43 heavy (non-hydrogen) atoms. The lowest BCUT2D eigenvalue weighted by Gasteiger charge is -2.23. The Bertz CT molecular complexity index is 799. The van der Waals surface area contributed by atoms with Gasteiger partial charge in [-0.2, -0.15) is 0 Å². The maximum absolute atomic E-state index is 12.6. The van der Waals surface area contributed by atoms with Crippen molar-refractivity contribution in [3.8, 4) is 0 Å². The average molecular weight is 613 g/mol. The first kappa shape index (κ1) is 39.8. The van der Waals surface area contributed by atoms with E-state index in [2.05, 4.69) is 21.3 Å². The van der Waals surface area contributed by atoms with E-state index in [1.165, 1.54) is 0 Å². The molecule has 0 aliphatic rings. The van der Waals surface area contributed by atoms with Crippen molar-refractivity contribution in [2.24, 2.45) is 11.8 Å². The number of hydrogen-bond acceptors (Lipinski definition) is 6. The zero-order chi connectivity index (χ0) is 32.6. The minimum absolute atomic E-state index is 0.0590. The molecule has 2 unspecified atom stereocenters. The molecule has 0 saturated heterocycles. The van der Waals surface area contributed by atoms with Crippen molar-refractivity contribution in [1.82, 2.24) is 21.3 Å². The van der Waals surface area contributed by atoms with Gasteiger partial charge in [0.15, 0.2) is 0 Å². The molecule has 0 aromatic heterocycles. The first-order chi connectivity index (χ1) is 20.4. The lowest BCUT2D eigenvalue weighted by Crippen LogP contribution is -2.50. The number of aliphatic carboxylic acids is 2. The van der Waals surface area contributed by atoms with E-state index in [0.717, 1.165) is 57.8 Å². The molecule has 4 amide bonds. The molecule has 248 valence electrons. The van der Waals surface area contributed by atoms with E-state index in [4.69, 9.17) is 10.2 Å². The van der Waals surface area contributed by atoms with Gasteiger partial charge in [-0.3, -0.25) is 28.8 Å². The van der Waals surface area contributed by atoms with Gasteiger partial charge in [-0.15, -0.1) is 0 Å². The quantitative estimate of drug-likeness (QED) is 0.0799. The highest BCUT2D eigenvalue weighted by Crippen LogP contribution is 2.12. The van der Waals surface area contributed by atoms with Gasteiger partial charge in [0.1, 0.15) is 12.1 Å². The van der Waals surface area contributed by atoms with E-state index < -0.39 is 35.8 Å². The third kappa shape index (κ3) is 20.4. The van der Waals surface area contributed by atoms with Gasteiger partial charge in [0.05, 0.1) is 12.8 Å². The summed E-state index contributed by atoms with van der Waals surface area (Å²) in [6, 6.07) is -1.34. The Kier molecular flexibility index (Phi) is 22.5. The van der Waals surface area contributed by atoms with Crippen LogP contribution in [-0.2, 0) is 28.8 Å². The largest absolute Gasteiger partial charge is 0.481 e. The summed E-state index contributed by atoms with van der Waals surface area (Å²) in [7, 11) is 0. The SMILES string of the molecule is CCC(C)[C@H](NC(=O)CCC(=O)O)C(=O)NCCCCCCCCCCCNC(=O)[C@@H](NC(=O)CCC(=O)O)C(C)CC. The van der Waals surface area contributed by atoms with Crippen molar-refractivity contribution in [2.45, 2.75) is 136 Å². The number of rotatable bonds is 26. The van der Waals surface area contributed by atoms with Gasteiger partial charge in [-0.25, -0.2) is 0 Å². The topological polar surface area (TPSA) is 191 Å². The molecule has 0 fully saturated rings. The highest BCUT2D eigenvalue weighted by molar-refractivity contribution is 5.89. The van der Waals surface area contributed by atoms with Crippen LogP contribution >= 0.6 is 0 Å². The molecule has 12 nitrogen and oxygen atoms in total. The summed E-state index contributed by atoms with van der Waals surface area (Å²) in [5.41, 5.74) is 0. The third-order valence-electron chi connectivity index (χ3n) is 7.71. The summed E-state index contributed by atoms with van der Waals surface area (Å²) in [5.74, 6) is -3.54. The molecule has 0 bridgehead atoms. The van der Waals surface area contributed by atoms with Crippen LogP contribution in [0.5, 0.6) is 0 Å². The van der Waals surface area contributed by atoms with Gasteiger partial charge in [0.2, 0.25) is 23.6 Å². The lowest BCUT2D eigenvalue weighted by atomic mass is 9.98. The summed E-state index contributed by atoms with van der Waals surface area (Å²) in [6.45, 7) is 8.72. The van der Waals surface area contributed by atoms with Crippen LogP contribution in [0.25, 0.3) is 0 Å². The first-order valence-electron chi connectivity index (χ1n) is 16.0. The summed E-state index contributed by atoms with van der Waals surface area (Å²) < 4.78 is 0. The van der Waals surface area contributed by atoms with Crippen molar-refractivity contribution in [3.05, 3.63) is 0 Å². The van der Waals surface area contributed by atoms with Crippen LogP contribution in [0.2, 0.25) is 0 Å². The van der Waals surface area contributed by atoms with Crippen molar-refractivity contribution >= 4 is 35.6 Å². The van der Waals surface area contributed by atoms with Crippen LogP contribution in [0, 0.1) is 11.8 Å². The number of amides is 4. The molecule has 12 heteroatoms. The lowest BCUT2D eigenvalue weighted by molar-refractivity contribution is -0.139. The van der Waals surface area contributed by atoms with E-state index in [-0.39, 0.29) is 49.3 Å². The average Bonchev–Trinajstić information content (AvgIpc) is 2.97. The number of carbonyl (C=O) groups excluding carboxylic acids is 4. The fraction of sp³-hybridized carbons (Fsp3) is 0.806. The minimum Gasteiger partial charge on any atom is -0.481 e. The molecule has 0 saturated carbocycles. The van der Waals surface area contributed by atoms with Gasteiger partial charge in [0, 0.05) is 25.9 Å². The second kappa shape index (κ2) is 24.3. The molecule has 6 N–H and O–H groups in total. The molecular weight excluding hydrogens is 556 g/mol. The maximum atomic E-state index is 12.6. The van der Waals surface area contributed by atoms with Crippen LogP contribution < -0.4 is 21.3 Å². The van der Waals surface area contributed by atoms with E-state index in [9.17, 15) is 28.8 Å². The van der Waals surface area contributed by atoms with Crippen LogP contribution in [0.4, 0.5) is 0 Å². The highest BCUT2D eigenvalue weighted by atomic mass is 16.4. The maximum Gasteiger partial charge on any atom is 0.303 e. The molecule has 0 aliphatic carbocycles. The first-order valence-corrected chi connectivity index (χ1v) is 16.0. The van der Waals surface area contributed by atoms with E-state index in [1.807, 2.05) is 27.7 Å². The Hall–Kier alpha value is -3.18. The van der Waals surface area contributed by atoms with Crippen molar-refractivity contribution in [3.63, 3.8) is 0 Å². The zero-order valence-corrected chi connectivity index (χ0v) is 26.7. The van der Waals surface area contributed by atoms with Crippen molar-refractivity contribution in [2.75, 3.05) is 13.1 Å². The van der Waals surface area contributed by atoms with E-state index >= 15 is 0 Å². The minimum atomic E-state index is -1.05. The Labute approximate surface area is 256 Å². The number of carboxylic acid groups (broad SMARTS) is 2. The number of carboxylic acids is 2. The summed E-state index contributed by atoms with van der Waals surface area (Å²) in [4.78, 5) is 70.6. The summed E-state index contributed by atoms with van der Waals surface area (Å²) >= 11 is 0. The molecule has 0 heterocycles. The van der Waals surface area contributed by atoms with Crippen LogP contribution in [-0.4, -0.2) is 71.0 Å². The van der Waals surface area contributed by atoms with Gasteiger partial charge >= 0.3 is 11.9 Å². The zero-order valence-electron chi connectivity index (χ0n) is 26.7. The molecule has 0 radical (unpaired) electrons. The third-order valence-corrected chi connectivity index (χ3v) is 7.71. The second-order valence-corrected chi connectivity index (χ2v) is 11.4. The molecule has 0 spiro atoms. The van der Waals surface area contributed by atoms with Crippen molar-refractivity contribution in [1.29, 1.82) is 0 Å². The molecule has 4 atom stereocenters. The van der Waals surface area contributed by atoms with Gasteiger partial charge in [0.25, 0.3) is 0 Å². The monoisotopic (exact) mass is 612 g/mol. The van der Waals surface area contributed by atoms with Crippen LogP contribution in [0.3, 0.4) is 0 Å². The molecule has 0 aliphatic heterocycles. The smallest absolute Gasteiger partial charge is 0.303 e. The summed E-state index contributed by atoms with van der Waals surface area (Å²) in [5, 5.41) is 28.6. The predicted molar refractivity (Wildman–Crippen MR) is 164 cm³/mol. The van der Waals surface area contributed by atoms with E-state index in [1.54, 1.807) is 0 Å². The standard InChI is InChI=1S/C31H56N4O8/c1-5-22(3)28(34-24(36)16-18-26(38)39)30(42)32-20-14-12-10-8-7-9-11-13-15-21-33-31(43)29(23(4)6-2)35-25(37)17-19-27(40)41/h22-23,28-29H,5-21H2,1-4H3,(H,32,42)(H,33,43)(H,34,36)(H,35,37)(H,38,39)(H,40,41)/t22?,23?,28-,29-/m0/s1. The molecular formula is C31H56N4O8. The molecule has 0 rings (SSSR count). The Balaban J connectivity index is 4.03.